The molecular weight excluding hydrogens is 244 g/mol. The summed E-state index contributed by atoms with van der Waals surface area (Å²) in [6.45, 7) is 0.178. The molecule has 104 valence electrons. The largest absolute Gasteiger partial charge is 0.481 e. The summed E-state index contributed by atoms with van der Waals surface area (Å²) in [7, 11) is 0. The van der Waals surface area contributed by atoms with Crippen LogP contribution in [0.4, 0.5) is 0 Å². The van der Waals surface area contributed by atoms with Gasteiger partial charge in [-0.2, -0.15) is 0 Å². The maximum Gasteiger partial charge on any atom is 0.324 e. The van der Waals surface area contributed by atoms with Crippen LogP contribution in [0.25, 0.3) is 0 Å². The third-order valence-corrected chi connectivity index (χ3v) is 2.76. The van der Waals surface area contributed by atoms with E-state index in [1.165, 1.54) is 0 Å². The summed E-state index contributed by atoms with van der Waals surface area (Å²) in [5, 5.41) is 26.6. The number of rotatable bonds is 9. The maximum atomic E-state index is 11.1. The van der Waals surface area contributed by atoms with Crippen molar-refractivity contribution in [3.8, 4) is 0 Å². The van der Waals surface area contributed by atoms with Gasteiger partial charge < -0.3 is 26.8 Å². The Morgan fingerprint density at radius 3 is 2.06 bits per heavy atom. The molecule has 0 aromatic heterocycles. The first-order valence-corrected chi connectivity index (χ1v) is 5.42. The van der Waals surface area contributed by atoms with Gasteiger partial charge in [0.1, 0.15) is 5.54 Å². The Morgan fingerprint density at radius 2 is 1.72 bits per heavy atom. The second-order valence-corrected chi connectivity index (χ2v) is 4.06. The molecule has 0 aromatic rings. The minimum Gasteiger partial charge on any atom is -0.481 e. The molecule has 0 radical (unpaired) electrons. The maximum absolute atomic E-state index is 11.1. The van der Waals surface area contributed by atoms with E-state index >= 15 is 0 Å². The molecular formula is C10H18N2O6. The fraction of sp³-hybridized carbons (Fsp3) is 0.700. The van der Waals surface area contributed by atoms with Gasteiger partial charge in [0.25, 0.3) is 0 Å². The second kappa shape index (κ2) is 6.92. The van der Waals surface area contributed by atoms with Gasteiger partial charge in [-0.15, -0.1) is 0 Å². The lowest BCUT2D eigenvalue weighted by Crippen LogP contribution is -2.57. The molecule has 2 atom stereocenters. The molecule has 0 rings (SSSR count). The molecule has 0 aliphatic heterocycles. The predicted octanol–water partition coefficient (Wildman–Crippen LogP) is -0.927. The molecule has 7 N–H and O–H groups in total. The van der Waals surface area contributed by atoms with E-state index < -0.39 is 35.8 Å². The molecule has 0 aliphatic rings. The minimum atomic E-state index is -2.00. The third kappa shape index (κ3) is 4.30. The van der Waals surface area contributed by atoms with Crippen LogP contribution >= 0.6 is 0 Å². The van der Waals surface area contributed by atoms with E-state index in [-0.39, 0.29) is 25.8 Å². The molecule has 0 aromatic carbocycles. The third-order valence-electron chi connectivity index (χ3n) is 2.76. The fourth-order valence-corrected chi connectivity index (χ4v) is 1.69. The van der Waals surface area contributed by atoms with E-state index in [1.807, 2.05) is 0 Å². The number of nitrogens with two attached hydrogens (primary N) is 2. The van der Waals surface area contributed by atoms with E-state index in [0.717, 1.165) is 0 Å². The lowest BCUT2D eigenvalue weighted by atomic mass is 9.78. The van der Waals surface area contributed by atoms with Crippen LogP contribution in [0.3, 0.4) is 0 Å². The topological polar surface area (TPSA) is 164 Å². The molecule has 8 heteroatoms. The Balaban J connectivity index is 5.03. The first kappa shape index (κ1) is 16.3. The molecule has 1 unspecified atom stereocenters. The van der Waals surface area contributed by atoms with Gasteiger partial charge in [-0.3, -0.25) is 14.4 Å². The van der Waals surface area contributed by atoms with Crippen molar-refractivity contribution in [3.05, 3.63) is 0 Å². The van der Waals surface area contributed by atoms with Crippen LogP contribution in [-0.2, 0) is 14.4 Å². The molecule has 0 amide bonds. The Bertz CT molecular complexity index is 332. The van der Waals surface area contributed by atoms with Crippen molar-refractivity contribution in [2.75, 3.05) is 6.54 Å². The smallest absolute Gasteiger partial charge is 0.324 e. The van der Waals surface area contributed by atoms with Crippen molar-refractivity contribution in [1.29, 1.82) is 0 Å². The summed E-state index contributed by atoms with van der Waals surface area (Å²) < 4.78 is 0. The van der Waals surface area contributed by atoms with Crippen LogP contribution in [0.1, 0.15) is 25.7 Å². The predicted molar refractivity (Wildman–Crippen MR) is 60.8 cm³/mol. The number of carboxylic acid groups (broad SMARTS) is 3. The highest BCUT2D eigenvalue weighted by Gasteiger charge is 2.45. The number of hydrogen-bond acceptors (Lipinski definition) is 5. The van der Waals surface area contributed by atoms with Crippen molar-refractivity contribution in [2.45, 2.75) is 31.2 Å². The van der Waals surface area contributed by atoms with Gasteiger partial charge in [0, 0.05) is 6.42 Å². The number of carbonyl (C=O) groups is 3. The van der Waals surface area contributed by atoms with Crippen LogP contribution in [0.5, 0.6) is 0 Å². The molecule has 0 saturated carbocycles. The first-order chi connectivity index (χ1) is 8.25. The van der Waals surface area contributed by atoms with Crippen LogP contribution in [0.15, 0.2) is 0 Å². The molecule has 8 nitrogen and oxygen atoms in total. The normalized spacial score (nSPS) is 15.7. The molecule has 0 heterocycles. The monoisotopic (exact) mass is 262 g/mol. The summed E-state index contributed by atoms with van der Waals surface area (Å²) >= 11 is 0. The highest BCUT2D eigenvalue weighted by molar-refractivity contribution is 5.87. The zero-order valence-electron chi connectivity index (χ0n) is 9.83. The summed E-state index contributed by atoms with van der Waals surface area (Å²) in [6.07, 6.45) is -0.654. The van der Waals surface area contributed by atoms with Crippen molar-refractivity contribution in [2.24, 2.45) is 17.4 Å². The minimum absolute atomic E-state index is 0.116. The van der Waals surface area contributed by atoms with E-state index in [1.54, 1.807) is 0 Å². The Morgan fingerprint density at radius 1 is 1.17 bits per heavy atom. The van der Waals surface area contributed by atoms with Crippen LogP contribution < -0.4 is 11.5 Å². The quantitative estimate of drug-likeness (QED) is 0.355. The van der Waals surface area contributed by atoms with Crippen molar-refractivity contribution < 1.29 is 29.7 Å². The Hall–Kier alpha value is -1.67. The van der Waals surface area contributed by atoms with E-state index in [4.69, 9.17) is 26.8 Å². The molecule has 0 bridgehead atoms. The average Bonchev–Trinajstić information content (AvgIpc) is 2.25. The van der Waals surface area contributed by atoms with Gasteiger partial charge >= 0.3 is 17.9 Å². The molecule has 18 heavy (non-hydrogen) atoms. The highest BCUT2D eigenvalue weighted by atomic mass is 16.4. The van der Waals surface area contributed by atoms with Gasteiger partial charge in [-0.25, -0.2) is 0 Å². The number of carboxylic acids is 3. The van der Waals surface area contributed by atoms with Gasteiger partial charge in [0.15, 0.2) is 0 Å². The summed E-state index contributed by atoms with van der Waals surface area (Å²) in [5.74, 6) is -5.54. The van der Waals surface area contributed by atoms with Crippen molar-refractivity contribution >= 4 is 17.9 Å². The van der Waals surface area contributed by atoms with Crippen LogP contribution in [0, 0.1) is 5.92 Å². The molecule has 0 spiro atoms. The zero-order chi connectivity index (χ0) is 14.3. The average molecular weight is 262 g/mol. The van der Waals surface area contributed by atoms with E-state index in [9.17, 15) is 14.4 Å². The SMILES string of the molecule is NCCC[C@](N)(C(=O)O)C(CCC(=O)O)C(=O)O. The second-order valence-electron chi connectivity index (χ2n) is 4.06. The highest BCUT2D eigenvalue weighted by Crippen LogP contribution is 2.26. The number of hydrogen-bond donors (Lipinski definition) is 5. The fourth-order valence-electron chi connectivity index (χ4n) is 1.69. The van der Waals surface area contributed by atoms with Gasteiger partial charge in [0.2, 0.25) is 0 Å². The summed E-state index contributed by atoms with van der Waals surface area (Å²) in [6, 6.07) is 0. The lowest BCUT2D eigenvalue weighted by molar-refractivity contribution is -0.157. The molecule has 0 aliphatic carbocycles. The van der Waals surface area contributed by atoms with Crippen LogP contribution in [-0.4, -0.2) is 45.3 Å². The Labute approximate surface area is 104 Å². The standard InChI is InChI=1S/C10H18N2O6/c11-5-1-4-10(12,9(17)18)6(8(15)16)2-3-7(13)14/h6H,1-5,11-12H2,(H,13,14)(H,15,16)(H,17,18)/t6?,10-/m1/s1. The zero-order valence-corrected chi connectivity index (χ0v) is 9.83. The summed E-state index contributed by atoms with van der Waals surface area (Å²) in [5.41, 5.74) is 8.87. The van der Waals surface area contributed by atoms with E-state index in [2.05, 4.69) is 0 Å². The Kier molecular flexibility index (Phi) is 6.28. The molecule has 0 fully saturated rings. The van der Waals surface area contributed by atoms with Crippen molar-refractivity contribution in [1.82, 2.24) is 0 Å². The van der Waals surface area contributed by atoms with Crippen LogP contribution in [0.2, 0.25) is 0 Å². The van der Waals surface area contributed by atoms with Crippen molar-refractivity contribution in [3.63, 3.8) is 0 Å². The first-order valence-electron chi connectivity index (χ1n) is 5.42. The lowest BCUT2D eigenvalue weighted by Gasteiger charge is -2.30. The number of aliphatic carboxylic acids is 3. The van der Waals surface area contributed by atoms with E-state index in [0.29, 0.717) is 0 Å². The molecule has 0 saturated heterocycles. The van der Waals surface area contributed by atoms with Gasteiger partial charge in [-0.1, -0.05) is 0 Å². The van der Waals surface area contributed by atoms with Gasteiger partial charge in [0.05, 0.1) is 5.92 Å². The van der Waals surface area contributed by atoms with Gasteiger partial charge in [-0.05, 0) is 25.8 Å². The summed E-state index contributed by atoms with van der Waals surface area (Å²) in [4.78, 5) is 32.6.